The monoisotopic (exact) mass is 250 g/mol. The molecule has 0 spiro atoms. The van der Waals surface area contributed by atoms with E-state index in [1.54, 1.807) is 18.3 Å². The van der Waals surface area contributed by atoms with Crippen molar-refractivity contribution in [2.75, 3.05) is 32.2 Å². The van der Waals surface area contributed by atoms with Gasteiger partial charge >= 0.3 is 5.97 Å². The molecule has 0 aliphatic rings. The van der Waals surface area contributed by atoms with Gasteiger partial charge in [-0.05, 0) is 18.6 Å². The van der Waals surface area contributed by atoms with Crippen molar-refractivity contribution in [1.82, 2.24) is 4.98 Å². The van der Waals surface area contributed by atoms with E-state index in [0.29, 0.717) is 31.1 Å². The molecule has 0 unspecified atom stereocenters. The zero-order chi connectivity index (χ0) is 13.2. The Morgan fingerprint density at radius 1 is 1.56 bits per heavy atom. The van der Waals surface area contributed by atoms with Crippen LogP contribution in [0, 0.1) is 0 Å². The average molecular weight is 250 g/mol. The van der Waals surface area contributed by atoms with Crippen LogP contribution in [-0.2, 0) is 9.47 Å². The fourth-order valence-electron chi connectivity index (χ4n) is 1.33. The summed E-state index contributed by atoms with van der Waals surface area (Å²) in [5, 5.41) is 3.04. The third-order valence-electron chi connectivity index (χ3n) is 2.22. The second-order valence-corrected chi connectivity index (χ2v) is 3.51. The number of nitrogens with one attached hydrogen (secondary N) is 1. The van der Waals surface area contributed by atoms with Crippen LogP contribution in [0.1, 0.15) is 16.8 Å². The fourth-order valence-corrected chi connectivity index (χ4v) is 1.33. The first-order chi connectivity index (χ1) is 8.79. The van der Waals surface area contributed by atoms with Crippen LogP contribution in [0.5, 0.6) is 0 Å². The molecule has 0 aliphatic carbocycles. The molecule has 98 valence electrons. The SMILES string of the molecule is C=CCCOCCNc1ncccc1C(=O)OC. The summed E-state index contributed by atoms with van der Waals surface area (Å²) in [7, 11) is 1.34. The summed E-state index contributed by atoms with van der Waals surface area (Å²) in [6.07, 6.45) is 4.26. The maximum atomic E-state index is 11.5. The maximum absolute atomic E-state index is 11.5. The van der Waals surface area contributed by atoms with Gasteiger partial charge in [0.05, 0.1) is 20.3 Å². The van der Waals surface area contributed by atoms with E-state index in [1.807, 2.05) is 6.08 Å². The Labute approximate surface area is 107 Å². The van der Waals surface area contributed by atoms with Gasteiger partial charge in [0.25, 0.3) is 0 Å². The number of pyridine rings is 1. The van der Waals surface area contributed by atoms with Crippen molar-refractivity contribution in [2.45, 2.75) is 6.42 Å². The lowest BCUT2D eigenvalue weighted by molar-refractivity contribution is 0.0601. The molecule has 0 amide bonds. The number of rotatable bonds is 8. The summed E-state index contributed by atoms with van der Waals surface area (Å²) in [6, 6.07) is 3.36. The molecule has 0 saturated carbocycles. The first kappa shape index (κ1) is 14.2. The number of hydrogen-bond acceptors (Lipinski definition) is 5. The lowest BCUT2D eigenvalue weighted by atomic mass is 10.2. The minimum atomic E-state index is -0.404. The zero-order valence-corrected chi connectivity index (χ0v) is 10.5. The van der Waals surface area contributed by atoms with E-state index in [1.165, 1.54) is 7.11 Å². The number of hydrogen-bond donors (Lipinski definition) is 1. The predicted molar refractivity (Wildman–Crippen MR) is 69.7 cm³/mol. The summed E-state index contributed by atoms with van der Waals surface area (Å²) >= 11 is 0. The van der Waals surface area contributed by atoms with Crippen molar-refractivity contribution in [3.8, 4) is 0 Å². The van der Waals surface area contributed by atoms with E-state index in [4.69, 9.17) is 4.74 Å². The maximum Gasteiger partial charge on any atom is 0.341 e. The molecule has 0 radical (unpaired) electrons. The molecule has 0 aliphatic heterocycles. The van der Waals surface area contributed by atoms with Gasteiger partial charge in [0.15, 0.2) is 0 Å². The van der Waals surface area contributed by atoms with Crippen LogP contribution in [0.4, 0.5) is 5.82 Å². The Kier molecular flexibility index (Phi) is 6.50. The molecule has 0 saturated heterocycles. The van der Waals surface area contributed by atoms with Crippen molar-refractivity contribution >= 4 is 11.8 Å². The largest absolute Gasteiger partial charge is 0.465 e. The highest BCUT2D eigenvalue weighted by atomic mass is 16.5. The van der Waals surface area contributed by atoms with Crippen LogP contribution < -0.4 is 5.32 Å². The minimum absolute atomic E-state index is 0.404. The van der Waals surface area contributed by atoms with Gasteiger partial charge in [0.2, 0.25) is 0 Å². The third-order valence-corrected chi connectivity index (χ3v) is 2.22. The number of ether oxygens (including phenoxy) is 2. The smallest absolute Gasteiger partial charge is 0.341 e. The molecular weight excluding hydrogens is 232 g/mol. The van der Waals surface area contributed by atoms with E-state index in [2.05, 4.69) is 21.6 Å². The van der Waals surface area contributed by atoms with Gasteiger partial charge in [-0.1, -0.05) is 6.08 Å². The standard InChI is InChI=1S/C13H18N2O3/c1-3-4-9-18-10-8-15-12-11(13(16)17-2)6-5-7-14-12/h3,5-7H,1,4,8-10H2,2H3,(H,14,15). The highest BCUT2D eigenvalue weighted by molar-refractivity contribution is 5.94. The molecule has 1 rings (SSSR count). The Bertz CT molecular complexity index is 394. The summed E-state index contributed by atoms with van der Waals surface area (Å²) < 4.78 is 10.0. The third kappa shape index (κ3) is 4.55. The first-order valence-corrected chi connectivity index (χ1v) is 5.75. The Balaban J connectivity index is 2.42. The number of anilines is 1. The Morgan fingerprint density at radius 2 is 2.39 bits per heavy atom. The predicted octanol–water partition coefficient (Wildman–Crippen LogP) is 1.87. The van der Waals surface area contributed by atoms with E-state index >= 15 is 0 Å². The number of methoxy groups -OCH3 is 1. The Hall–Kier alpha value is -1.88. The molecule has 5 nitrogen and oxygen atoms in total. The molecule has 1 aromatic heterocycles. The topological polar surface area (TPSA) is 60.5 Å². The van der Waals surface area contributed by atoms with Crippen LogP contribution >= 0.6 is 0 Å². The molecule has 0 bridgehead atoms. The van der Waals surface area contributed by atoms with E-state index in [9.17, 15) is 4.79 Å². The number of aromatic nitrogens is 1. The van der Waals surface area contributed by atoms with Gasteiger partial charge in [-0.15, -0.1) is 6.58 Å². The van der Waals surface area contributed by atoms with Crippen LogP contribution in [-0.4, -0.2) is 37.8 Å². The highest BCUT2D eigenvalue weighted by Crippen LogP contribution is 2.11. The normalized spacial score (nSPS) is 9.83. The van der Waals surface area contributed by atoms with Gasteiger partial charge in [0, 0.05) is 12.7 Å². The number of carbonyl (C=O) groups is 1. The van der Waals surface area contributed by atoms with E-state index in [0.717, 1.165) is 6.42 Å². The lowest BCUT2D eigenvalue weighted by Crippen LogP contribution is -2.14. The molecule has 0 aromatic carbocycles. The number of nitrogens with zero attached hydrogens (tertiary/aromatic N) is 1. The molecule has 1 heterocycles. The van der Waals surface area contributed by atoms with Crippen molar-refractivity contribution in [3.63, 3.8) is 0 Å². The second kappa shape index (κ2) is 8.25. The van der Waals surface area contributed by atoms with E-state index < -0.39 is 5.97 Å². The summed E-state index contributed by atoms with van der Waals surface area (Å²) in [4.78, 5) is 15.6. The fraction of sp³-hybridized carbons (Fsp3) is 0.385. The number of esters is 1. The van der Waals surface area contributed by atoms with Crippen LogP contribution in [0.15, 0.2) is 31.0 Å². The van der Waals surface area contributed by atoms with Crippen LogP contribution in [0.3, 0.4) is 0 Å². The first-order valence-electron chi connectivity index (χ1n) is 5.75. The van der Waals surface area contributed by atoms with E-state index in [-0.39, 0.29) is 0 Å². The second-order valence-electron chi connectivity index (χ2n) is 3.51. The van der Waals surface area contributed by atoms with Crippen molar-refractivity contribution in [3.05, 3.63) is 36.5 Å². The minimum Gasteiger partial charge on any atom is -0.465 e. The zero-order valence-electron chi connectivity index (χ0n) is 10.5. The average Bonchev–Trinajstić information content (AvgIpc) is 2.42. The van der Waals surface area contributed by atoms with Crippen molar-refractivity contribution < 1.29 is 14.3 Å². The summed E-state index contributed by atoms with van der Waals surface area (Å²) in [5.41, 5.74) is 0.422. The van der Waals surface area contributed by atoms with Gasteiger partial charge in [0.1, 0.15) is 11.4 Å². The van der Waals surface area contributed by atoms with Gasteiger partial charge in [-0.2, -0.15) is 0 Å². The quantitative estimate of drug-likeness (QED) is 0.433. The molecule has 5 heteroatoms. The van der Waals surface area contributed by atoms with Crippen LogP contribution in [0.25, 0.3) is 0 Å². The summed E-state index contributed by atoms with van der Waals surface area (Å²) in [5.74, 6) is 0.106. The molecular formula is C13H18N2O3. The van der Waals surface area contributed by atoms with Gasteiger partial charge in [-0.25, -0.2) is 9.78 Å². The molecule has 0 atom stereocenters. The van der Waals surface area contributed by atoms with Crippen molar-refractivity contribution in [1.29, 1.82) is 0 Å². The molecule has 1 N–H and O–H groups in total. The van der Waals surface area contributed by atoms with Gasteiger partial charge < -0.3 is 14.8 Å². The molecule has 18 heavy (non-hydrogen) atoms. The van der Waals surface area contributed by atoms with Crippen molar-refractivity contribution in [2.24, 2.45) is 0 Å². The highest BCUT2D eigenvalue weighted by Gasteiger charge is 2.11. The van der Waals surface area contributed by atoms with Crippen LogP contribution in [0.2, 0.25) is 0 Å². The lowest BCUT2D eigenvalue weighted by Gasteiger charge is -2.09. The molecule has 1 aromatic rings. The van der Waals surface area contributed by atoms with Gasteiger partial charge in [-0.3, -0.25) is 0 Å². The summed E-state index contributed by atoms with van der Waals surface area (Å²) in [6.45, 7) is 5.39. The number of carbonyl (C=O) groups excluding carboxylic acids is 1. The Morgan fingerprint density at radius 3 is 3.11 bits per heavy atom. The molecule has 0 fully saturated rings.